The standard InChI is InChI=1S/C26H25ClN4O2S/c1-17(2)28-25(32)23(18-9-5-4-6-10-18)34-26-30-29-24(21-11-7-8-12-22(21)33-3)31(26)20-15-13-19(27)14-16-20/h4-17,23H,1-3H3,(H,28,32). The summed E-state index contributed by atoms with van der Waals surface area (Å²) in [6.07, 6.45) is 0. The van der Waals surface area contributed by atoms with Gasteiger partial charge in [0.05, 0.1) is 12.7 Å². The first-order chi connectivity index (χ1) is 16.5. The average molecular weight is 493 g/mol. The number of benzene rings is 3. The molecule has 1 amide bonds. The summed E-state index contributed by atoms with van der Waals surface area (Å²) in [5.41, 5.74) is 2.51. The van der Waals surface area contributed by atoms with Crippen molar-refractivity contribution in [3.63, 3.8) is 0 Å². The van der Waals surface area contributed by atoms with Crippen LogP contribution in [0.25, 0.3) is 17.1 Å². The van der Waals surface area contributed by atoms with Crippen molar-refractivity contribution in [3.05, 3.63) is 89.4 Å². The number of carbonyl (C=O) groups excluding carboxylic acids is 1. The lowest BCUT2D eigenvalue weighted by Crippen LogP contribution is -2.33. The number of halogens is 1. The predicted octanol–water partition coefficient (Wildman–Crippen LogP) is 5.95. The molecule has 0 aliphatic rings. The van der Waals surface area contributed by atoms with Crippen LogP contribution in [0.4, 0.5) is 0 Å². The first kappa shape index (κ1) is 23.9. The Hall–Kier alpha value is -3.29. The van der Waals surface area contributed by atoms with Gasteiger partial charge in [-0.25, -0.2) is 0 Å². The van der Waals surface area contributed by atoms with Crippen LogP contribution in [0.3, 0.4) is 0 Å². The number of nitrogens with one attached hydrogen (secondary N) is 1. The molecule has 4 rings (SSSR count). The molecule has 0 aliphatic carbocycles. The van der Waals surface area contributed by atoms with Crippen molar-refractivity contribution in [3.8, 4) is 22.8 Å². The van der Waals surface area contributed by atoms with Crippen LogP contribution in [-0.2, 0) is 4.79 Å². The zero-order valence-corrected chi connectivity index (χ0v) is 20.7. The Kier molecular flexibility index (Phi) is 7.55. The number of rotatable bonds is 8. The third kappa shape index (κ3) is 5.26. The minimum atomic E-state index is -0.510. The third-order valence-corrected chi connectivity index (χ3v) is 6.51. The molecule has 4 aromatic rings. The summed E-state index contributed by atoms with van der Waals surface area (Å²) >= 11 is 7.50. The van der Waals surface area contributed by atoms with Crippen molar-refractivity contribution in [1.29, 1.82) is 0 Å². The van der Waals surface area contributed by atoms with Gasteiger partial charge in [-0.2, -0.15) is 0 Å². The minimum Gasteiger partial charge on any atom is -0.496 e. The molecule has 1 atom stereocenters. The maximum absolute atomic E-state index is 13.2. The molecule has 1 aromatic heterocycles. The Morgan fingerprint density at radius 3 is 2.32 bits per heavy atom. The highest BCUT2D eigenvalue weighted by Crippen LogP contribution is 2.39. The molecule has 0 fully saturated rings. The molecule has 8 heteroatoms. The maximum atomic E-state index is 13.2. The van der Waals surface area contributed by atoms with E-state index in [1.54, 1.807) is 7.11 Å². The number of amides is 1. The predicted molar refractivity (Wildman–Crippen MR) is 137 cm³/mol. The number of methoxy groups -OCH3 is 1. The van der Waals surface area contributed by atoms with Crippen LogP contribution in [0.1, 0.15) is 24.7 Å². The second-order valence-corrected chi connectivity index (χ2v) is 9.40. The number of nitrogens with zero attached hydrogens (tertiary/aromatic N) is 3. The van der Waals surface area contributed by atoms with Crippen LogP contribution in [0.5, 0.6) is 5.75 Å². The Morgan fingerprint density at radius 1 is 0.971 bits per heavy atom. The van der Waals surface area contributed by atoms with Crippen molar-refractivity contribution in [2.75, 3.05) is 7.11 Å². The Morgan fingerprint density at radius 2 is 1.65 bits per heavy atom. The van der Waals surface area contributed by atoms with Crippen LogP contribution in [0.15, 0.2) is 84.0 Å². The summed E-state index contributed by atoms with van der Waals surface area (Å²) in [5.74, 6) is 1.20. The van der Waals surface area contributed by atoms with Gasteiger partial charge < -0.3 is 10.1 Å². The van der Waals surface area contributed by atoms with Crippen molar-refractivity contribution in [2.24, 2.45) is 0 Å². The molecule has 0 aliphatic heterocycles. The van der Waals surface area contributed by atoms with Gasteiger partial charge in [0, 0.05) is 16.8 Å². The van der Waals surface area contributed by atoms with Crippen molar-refractivity contribution < 1.29 is 9.53 Å². The van der Waals surface area contributed by atoms with Gasteiger partial charge in [0.15, 0.2) is 11.0 Å². The zero-order chi connectivity index (χ0) is 24.1. The van der Waals surface area contributed by atoms with Crippen LogP contribution in [0.2, 0.25) is 5.02 Å². The monoisotopic (exact) mass is 492 g/mol. The van der Waals surface area contributed by atoms with E-state index in [2.05, 4.69) is 15.5 Å². The van der Waals surface area contributed by atoms with Crippen LogP contribution in [0, 0.1) is 0 Å². The van der Waals surface area contributed by atoms with E-state index >= 15 is 0 Å². The zero-order valence-electron chi connectivity index (χ0n) is 19.1. The largest absolute Gasteiger partial charge is 0.496 e. The molecule has 0 radical (unpaired) electrons. The lowest BCUT2D eigenvalue weighted by molar-refractivity contribution is -0.121. The van der Waals surface area contributed by atoms with E-state index in [1.165, 1.54) is 11.8 Å². The van der Waals surface area contributed by atoms with E-state index in [0.717, 1.165) is 16.8 Å². The second kappa shape index (κ2) is 10.8. The van der Waals surface area contributed by atoms with Gasteiger partial charge in [0.1, 0.15) is 11.0 Å². The smallest absolute Gasteiger partial charge is 0.238 e. The second-order valence-electron chi connectivity index (χ2n) is 7.89. The normalized spacial score (nSPS) is 11.9. The first-order valence-electron chi connectivity index (χ1n) is 10.8. The SMILES string of the molecule is COc1ccccc1-c1nnc(SC(C(=O)NC(C)C)c2ccccc2)n1-c1ccc(Cl)cc1. The van der Waals surface area contributed by atoms with E-state index < -0.39 is 5.25 Å². The molecule has 1 N–H and O–H groups in total. The summed E-state index contributed by atoms with van der Waals surface area (Å²) in [6, 6.07) is 24.8. The summed E-state index contributed by atoms with van der Waals surface area (Å²) < 4.78 is 7.51. The van der Waals surface area contributed by atoms with E-state index in [0.29, 0.717) is 21.8 Å². The highest BCUT2D eigenvalue weighted by Gasteiger charge is 2.27. The van der Waals surface area contributed by atoms with Gasteiger partial charge in [-0.3, -0.25) is 9.36 Å². The summed E-state index contributed by atoms with van der Waals surface area (Å²) in [5, 5.41) is 12.7. The summed E-state index contributed by atoms with van der Waals surface area (Å²) in [7, 11) is 1.62. The fourth-order valence-corrected chi connectivity index (χ4v) is 4.73. The molecule has 0 spiro atoms. The van der Waals surface area contributed by atoms with Crippen LogP contribution >= 0.6 is 23.4 Å². The van der Waals surface area contributed by atoms with Gasteiger partial charge in [-0.15, -0.1) is 10.2 Å². The average Bonchev–Trinajstić information content (AvgIpc) is 3.26. The molecule has 0 bridgehead atoms. The highest BCUT2D eigenvalue weighted by atomic mass is 35.5. The molecule has 0 saturated carbocycles. The molecule has 1 heterocycles. The fourth-order valence-electron chi connectivity index (χ4n) is 3.54. The Bertz CT molecular complexity index is 1260. The van der Waals surface area contributed by atoms with E-state index in [9.17, 15) is 4.79 Å². The fraction of sp³-hybridized carbons (Fsp3) is 0.192. The highest BCUT2D eigenvalue weighted by molar-refractivity contribution is 8.00. The van der Waals surface area contributed by atoms with Crippen LogP contribution in [-0.4, -0.2) is 33.8 Å². The molecule has 34 heavy (non-hydrogen) atoms. The van der Waals surface area contributed by atoms with Gasteiger partial charge in [-0.1, -0.05) is 65.8 Å². The quantitative estimate of drug-likeness (QED) is 0.307. The number of thioether (sulfide) groups is 1. The molecule has 0 saturated heterocycles. The van der Waals surface area contributed by atoms with Gasteiger partial charge in [-0.05, 0) is 55.8 Å². The molecule has 1 unspecified atom stereocenters. The van der Waals surface area contributed by atoms with Crippen molar-refractivity contribution >= 4 is 29.3 Å². The summed E-state index contributed by atoms with van der Waals surface area (Å²) in [6.45, 7) is 3.89. The number of aromatic nitrogens is 3. The lowest BCUT2D eigenvalue weighted by Gasteiger charge is -2.19. The number of hydrogen-bond donors (Lipinski definition) is 1. The topological polar surface area (TPSA) is 69.0 Å². The number of carbonyl (C=O) groups is 1. The van der Waals surface area contributed by atoms with Gasteiger partial charge >= 0.3 is 0 Å². The number of para-hydroxylation sites is 1. The van der Waals surface area contributed by atoms with E-state index in [-0.39, 0.29) is 11.9 Å². The number of hydrogen-bond acceptors (Lipinski definition) is 5. The molecular formula is C26H25ClN4O2S. The maximum Gasteiger partial charge on any atom is 0.238 e. The van der Waals surface area contributed by atoms with Gasteiger partial charge in [0.2, 0.25) is 5.91 Å². The lowest BCUT2D eigenvalue weighted by atomic mass is 10.1. The molecular weight excluding hydrogens is 468 g/mol. The Labute approximate surface area is 208 Å². The van der Waals surface area contributed by atoms with Gasteiger partial charge in [0.25, 0.3) is 0 Å². The molecule has 174 valence electrons. The molecule has 3 aromatic carbocycles. The molecule has 6 nitrogen and oxygen atoms in total. The first-order valence-corrected chi connectivity index (χ1v) is 12.1. The van der Waals surface area contributed by atoms with E-state index in [1.807, 2.05) is 97.3 Å². The van der Waals surface area contributed by atoms with Crippen molar-refractivity contribution in [1.82, 2.24) is 20.1 Å². The minimum absolute atomic E-state index is 0.0117. The number of ether oxygens (including phenoxy) is 1. The van der Waals surface area contributed by atoms with Crippen molar-refractivity contribution in [2.45, 2.75) is 30.3 Å². The third-order valence-electron chi connectivity index (χ3n) is 5.06. The Balaban J connectivity index is 1.84. The summed E-state index contributed by atoms with van der Waals surface area (Å²) in [4.78, 5) is 13.2. The van der Waals surface area contributed by atoms with Crippen LogP contribution < -0.4 is 10.1 Å². The van der Waals surface area contributed by atoms with E-state index in [4.69, 9.17) is 16.3 Å².